The van der Waals surface area contributed by atoms with E-state index in [0.29, 0.717) is 17.8 Å². The monoisotopic (exact) mass is 468 g/mol. The minimum absolute atomic E-state index is 0.0470. The summed E-state index contributed by atoms with van der Waals surface area (Å²) in [6.07, 6.45) is 1.97. The van der Waals surface area contributed by atoms with Gasteiger partial charge in [-0.1, -0.05) is 20.8 Å². The number of ether oxygens (including phenoxy) is 2. The Hall–Kier alpha value is -0.280. The van der Waals surface area contributed by atoms with Crippen LogP contribution in [-0.2, 0) is 9.47 Å². The van der Waals surface area contributed by atoms with Gasteiger partial charge in [-0.15, -0.1) is 0 Å². The molecule has 7 nitrogen and oxygen atoms in total. The van der Waals surface area contributed by atoms with Gasteiger partial charge in [-0.3, -0.25) is 0 Å². The molecule has 1 spiro atoms. The highest BCUT2D eigenvalue weighted by molar-refractivity contribution is 5.16. The van der Waals surface area contributed by atoms with Gasteiger partial charge in [-0.2, -0.15) is 0 Å². The van der Waals surface area contributed by atoms with Crippen molar-refractivity contribution in [2.45, 2.75) is 121 Å². The maximum atomic E-state index is 11.1. The lowest BCUT2D eigenvalue weighted by Crippen LogP contribution is -2.62. The van der Waals surface area contributed by atoms with Gasteiger partial charge < -0.3 is 35.0 Å². The van der Waals surface area contributed by atoms with Crippen molar-refractivity contribution in [2.24, 2.45) is 34.0 Å². The van der Waals surface area contributed by atoms with Gasteiger partial charge in [0, 0.05) is 0 Å². The first-order valence-electron chi connectivity index (χ1n) is 13.0. The summed E-state index contributed by atoms with van der Waals surface area (Å²) in [5.41, 5.74) is -0.247. The van der Waals surface area contributed by atoms with Crippen LogP contribution in [0.5, 0.6) is 0 Å². The van der Waals surface area contributed by atoms with Crippen molar-refractivity contribution in [3.05, 3.63) is 0 Å². The van der Waals surface area contributed by atoms with Gasteiger partial charge in [0.1, 0.15) is 24.4 Å². The molecule has 7 heteroatoms. The Labute approximate surface area is 197 Å². The highest BCUT2D eigenvalue weighted by atomic mass is 16.7. The van der Waals surface area contributed by atoms with E-state index in [-0.39, 0.29) is 22.3 Å². The molecule has 5 N–H and O–H groups in total. The Kier molecular flexibility index (Phi) is 5.81. The van der Waals surface area contributed by atoms with E-state index in [4.69, 9.17) is 9.47 Å². The van der Waals surface area contributed by atoms with Crippen molar-refractivity contribution < 1.29 is 35.0 Å². The molecule has 4 aliphatic carbocycles. The van der Waals surface area contributed by atoms with Gasteiger partial charge in [0.25, 0.3) is 0 Å². The molecule has 0 aromatic heterocycles. The van der Waals surface area contributed by atoms with Crippen LogP contribution in [-0.4, -0.2) is 74.6 Å². The fraction of sp³-hybridized carbons (Fsp3) is 1.00. The summed E-state index contributed by atoms with van der Waals surface area (Å²) in [7, 11) is 0. The fourth-order valence-corrected chi connectivity index (χ4v) is 9.72. The van der Waals surface area contributed by atoms with E-state index >= 15 is 0 Å². The third-order valence-corrected chi connectivity index (χ3v) is 10.8. The molecule has 5 aliphatic rings. The Morgan fingerprint density at radius 3 is 2.30 bits per heavy atom. The van der Waals surface area contributed by atoms with Gasteiger partial charge in [0.2, 0.25) is 0 Å². The molecule has 1 saturated heterocycles. The Morgan fingerprint density at radius 1 is 0.879 bits per heavy atom. The highest BCUT2D eigenvalue weighted by Crippen LogP contribution is 2.73. The zero-order valence-corrected chi connectivity index (χ0v) is 20.6. The predicted octanol–water partition coefficient (Wildman–Crippen LogP) is 1.97. The first-order chi connectivity index (χ1) is 15.3. The molecule has 1 aliphatic heterocycles. The van der Waals surface area contributed by atoms with Crippen molar-refractivity contribution in [1.29, 1.82) is 0 Å². The summed E-state index contributed by atoms with van der Waals surface area (Å²) in [6, 6.07) is 0. The minimum Gasteiger partial charge on any atom is -0.394 e. The number of hydrogen-bond donors (Lipinski definition) is 5. The molecule has 4 saturated carbocycles. The first-order valence-corrected chi connectivity index (χ1v) is 13.0. The number of rotatable bonds is 3. The lowest BCUT2D eigenvalue weighted by Gasteiger charge is -2.65. The van der Waals surface area contributed by atoms with E-state index < -0.39 is 42.9 Å². The maximum absolute atomic E-state index is 11.1. The SMILES string of the molecule is CC1(C)C[C@@H](O[C@@H]2O[C@H](CO)[C@@H](O)[C@@H](O)[C@H]2O)C[C@]2(C)[C@@H]1CC[C@@]13C[C@@H](CC[C@H]12)[C@](C)(O)C3. The van der Waals surface area contributed by atoms with Crippen LogP contribution < -0.4 is 0 Å². The van der Waals surface area contributed by atoms with E-state index in [2.05, 4.69) is 20.8 Å². The number of hydrogen-bond acceptors (Lipinski definition) is 7. The zero-order valence-electron chi connectivity index (χ0n) is 20.6. The number of aliphatic hydroxyl groups excluding tert-OH is 4. The van der Waals surface area contributed by atoms with Crippen LogP contribution in [0.2, 0.25) is 0 Å². The molecular weight excluding hydrogens is 424 g/mol. The standard InChI is InChI=1S/C26H44O7/c1-23(2)10-15(32-22-21(30)20(29)19(28)16(12-27)33-22)11-24(3)17(23)7-8-26-9-14(5-6-18(24)26)25(4,31)13-26/h14-22,27-31H,5-13H2,1-4H3/t14-,15-,16-,17-,18+,19-,20-,21-,22-,24-,25-,26+/m1/s1. The molecule has 5 fully saturated rings. The maximum Gasteiger partial charge on any atom is 0.186 e. The summed E-state index contributed by atoms with van der Waals surface area (Å²) in [6.45, 7) is 8.67. The highest BCUT2D eigenvalue weighted by Gasteiger charge is 2.67. The summed E-state index contributed by atoms with van der Waals surface area (Å²) in [4.78, 5) is 0. The minimum atomic E-state index is -1.42. The van der Waals surface area contributed by atoms with E-state index in [0.717, 1.165) is 38.5 Å². The molecule has 0 aromatic rings. The van der Waals surface area contributed by atoms with Crippen LogP contribution in [0.15, 0.2) is 0 Å². The summed E-state index contributed by atoms with van der Waals surface area (Å²) < 4.78 is 12.0. The van der Waals surface area contributed by atoms with Crippen molar-refractivity contribution in [3.63, 3.8) is 0 Å². The third kappa shape index (κ3) is 3.64. The van der Waals surface area contributed by atoms with Crippen LogP contribution >= 0.6 is 0 Å². The number of aliphatic hydroxyl groups is 5. The Bertz CT molecular complexity index is 753. The summed E-state index contributed by atoms with van der Waals surface area (Å²) >= 11 is 0. The van der Waals surface area contributed by atoms with Crippen LogP contribution in [0.3, 0.4) is 0 Å². The lowest BCUT2D eigenvalue weighted by atomic mass is 9.41. The van der Waals surface area contributed by atoms with Crippen molar-refractivity contribution >= 4 is 0 Å². The second kappa shape index (κ2) is 7.86. The van der Waals surface area contributed by atoms with Gasteiger partial charge in [0.15, 0.2) is 6.29 Å². The summed E-state index contributed by atoms with van der Waals surface area (Å²) in [5, 5.41) is 51.6. The number of fused-ring (bicyclic) bond motifs is 3. The van der Waals surface area contributed by atoms with Crippen LogP contribution in [0.25, 0.3) is 0 Å². The zero-order chi connectivity index (χ0) is 24.0. The largest absolute Gasteiger partial charge is 0.394 e. The predicted molar refractivity (Wildman–Crippen MR) is 121 cm³/mol. The van der Waals surface area contributed by atoms with E-state index in [1.54, 1.807) is 0 Å². The van der Waals surface area contributed by atoms with Crippen molar-refractivity contribution in [2.75, 3.05) is 6.61 Å². The summed E-state index contributed by atoms with van der Waals surface area (Å²) in [5.74, 6) is 1.51. The molecule has 12 atom stereocenters. The van der Waals surface area contributed by atoms with E-state index in [9.17, 15) is 25.5 Å². The molecule has 0 aromatic carbocycles. The van der Waals surface area contributed by atoms with Gasteiger partial charge >= 0.3 is 0 Å². The van der Waals surface area contributed by atoms with Gasteiger partial charge in [0.05, 0.1) is 18.3 Å². The Morgan fingerprint density at radius 2 is 1.61 bits per heavy atom. The van der Waals surface area contributed by atoms with Crippen LogP contribution in [0.4, 0.5) is 0 Å². The second-order valence-corrected chi connectivity index (χ2v) is 13.4. The quantitative estimate of drug-likeness (QED) is 0.402. The molecule has 0 amide bonds. The lowest BCUT2D eigenvalue weighted by molar-refractivity contribution is -0.322. The van der Waals surface area contributed by atoms with E-state index in [1.165, 1.54) is 12.8 Å². The Balaban J connectivity index is 1.40. The van der Waals surface area contributed by atoms with Gasteiger partial charge in [-0.05, 0) is 92.3 Å². The smallest absolute Gasteiger partial charge is 0.186 e. The molecule has 0 radical (unpaired) electrons. The van der Waals surface area contributed by atoms with Crippen molar-refractivity contribution in [1.82, 2.24) is 0 Å². The fourth-order valence-electron chi connectivity index (χ4n) is 9.72. The first kappa shape index (κ1) is 24.4. The van der Waals surface area contributed by atoms with Crippen molar-refractivity contribution in [3.8, 4) is 0 Å². The molecule has 5 rings (SSSR count). The topological polar surface area (TPSA) is 120 Å². The third-order valence-electron chi connectivity index (χ3n) is 10.8. The molecule has 33 heavy (non-hydrogen) atoms. The van der Waals surface area contributed by atoms with Crippen LogP contribution in [0, 0.1) is 34.0 Å². The molecular formula is C26H44O7. The van der Waals surface area contributed by atoms with E-state index in [1.807, 2.05) is 6.92 Å². The van der Waals surface area contributed by atoms with Crippen LogP contribution in [0.1, 0.15) is 79.1 Å². The average Bonchev–Trinajstić information content (AvgIpc) is 2.90. The normalized spacial score (nSPS) is 57.9. The average molecular weight is 469 g/mol. The molecule has 2 bridgehead atoms. The molecule has 1 heterocycles. The molecule has 0 unspecified atom stereocenters. The molecule has 190 valence electrons. The second-order valence-electron chi connectivity index (χ2n) is 13.4. The van der Waals surface area contributed by atoms with Gasteiger partial charge in [-0.25, -0.2) is 0 Å².